The lowest BCUT2D eigenvalue weighted by Crippen LogP contribution is -2.29. The summed E-state index contributed by atoms with van der Waals surface area (Å²) in [7, 11) is 3.03. The van der Waals surface area contributed by atoms with E-state index in [1.54, 1.807) is 66.7 Å². The molecule has 1 heterocycles. The fourth-order valence-electron chi connectivity index (χ4n) is 4.76. The number of Topliss-reactive ketones (excluding diaryl/α,β-unsaturated/α-hetero) is 1. The highest BCUT2D eigenvalue weighted by atomic mass is 16.5. The van der Waals surface area contributed by atoms with Crippen LogP contribution in [0.4, 0.5) is 5.69 Å². The summed E-state index contributed by atoms with van der Waals surface area (Å²) < 4.78 is 22.5. The third-order valence-corrected chi connectivity index (χ3v) is 6.74. The molecule has 4 rings (SSSR count). The number of hydrogen-bond donors (Lipinski definition) is 1. The van der Waals surface area contributed by atoms with Gasteiger partial charge >= 0.3 is 0 Å². The van der Waals surface area contributed by atoms with Crippen LogP contribution < -0.4 is 23.8 Å². The van der Waals surface area contributed by atoms with E-state index < -0.39 is 17.7 Å². The zero-order valence-electron chi connectivity index (χ0n) is 23.3. The summed E-state index contributed by atoms with van der Waals surface area (Å²) in [6.45, 7) is 4.97. The summed E-state index contributed by atoms with van der Waals surface area (Å²) in [5.74, 6) is 0.176. The summed E-state index contributed by atoms with van der Waals surface area (Å²) in [5.41, 5.74) is 1.31. The number of amides is 1. The van der Waals surface area contributed by atoms with Crippen molar-refractivity contribution in [1.82, 2.24) is 0 Å². The number of benzene rings is 3. The summed E-state index contributed by atoms with van der Waals surface area (Å²) in [6, 6.07) is 18.0. The van der Waals surface area contributed by atoms with Crippen molar-refractivity contribution in [3.05, 3.63) is 83.4 Å². The number of carbonyl (C=O) groups is 2. The molecule has 1 saturated heterocycles. The average Bonchev–Trinajstić information content (AvgIpc) is 3.25. The molecule has 8 heteroatoms. The maximum atomic E-state index is 13.6. The molecule has 0 bridgehead atoms. The smallest absolute Gasteiger partial charge is 0.300 e. The largest absolute Gasteiger partial charge is 0.507 e. The minimum Gasteiger partial charge on any atom is -0.507 e. The van der Waals surface area contributed by atoms with Crippen molar-refractivity contribution in [2.45, 2.75) is 39.2 Å². The molecule has 40 heavy (non-hydrogen) atoms. The monoisotopic (exact) mass is 545 g/mol. The van der Waals surface area contributed by atoms with Crippen LogP contribution in [0.3, 0.4) is 0 Å². The van der Waals surface area contributed by atoms with E-state index in [2.05, 4.69) is 6.92 Å². The highest BCUT2D eigenvalue weighted by Crippen LogP contribution is 2.46. The maximum absolute atomic E-state index is 13.6. The highest BCUT2D eigenvalue weighted by molar-refractivity contribution is 6.52. The third-order valence-electron chi connectivity index (χ3n) is 6.74. The Labute approximate surface area is 234 Å². The molecule has 1 aliphatic rings. The molecule has 3 aromatic carbocycles. The van der Waals surface area contributed by atoms with Gasteiger partial charge in [0.1, 0.15) is 17.3 Å². The maximum Gasteiger partial charge on any atom is 0.300 e. The molecule has 0 aliphatic carbocycles. The summed E-state index contributed by atoms with van der Waals surface area (Å²) >= 11 is 0. The quantitative estimate of drug-likeness (QED) is 0.124. The Balaban J connectivity index is 1.84. The van der Waals surface area contributed by atoms with Gasteiger partial charge in [-0.3, -0.25) is 14.5 Å². The van der Waals surface area contributed by atoms with Crippen LogP contribution in [-0.2, 0) is 9.59 Å². The van der Waals surface area contributed by atoms with E-state index in [9.17, 15) is 14.7 Å². The van der Waals surface area contributed by atoms with Crippen LogP contribution in [0.1, 0.15) is 50.3 Å². The summed E-state index contributed by atoms with van der Waals surface area (Å²) in [6.07, 6.45) is 3.14. The Morgan fingerprint density at radius 3 is 2.25 bits per heavy atom. The fraction of sp³-hybridized carbons (Fsp3) is 0.312. The molecule has 3 aromatic rings. The van der Waals surface area contributed by atoms with Crippen LogP contribution in [-0.4, -0.2) is 44.2 Å². The van der Waals surface area contributed by atoms with Crippen molar-refractivity contribution in [2.24, 2.45) is 0 Å². The second-order valence-electron chi connectivity index (χ2n) is 9.26. The van der Waals surface area contributed by atoms with Crippen LogP contribution in [0, 0.1) is 0 Å². The minimum atomic E-state index is -0.952. The first kappa shape index (κ1) is 28.5. The first-order chi connectivity index (χ1) is 19.4. The lowest BCUT2D eigenvalue weighted by Gasteiger charge is -2.27. The number of ketones is 1. The first-order valence-electron chi connectivity index (χ1n) is 13.4. The average molecular weight is 546 g/mol. The molecular weight excluding hydrogens is 510 g/mol. The van der Waals surface area contributed by atoms with Gasteiger partial charge in [0, 0.05) is 5.56 Å². The van der Waals surface area contributed by atoms with Gasteiger partial charge in [-0.2, -0.15) is 0 Å². The lowest BCUT2D eigenvalue weighted by atomic mass is 9.94. The van der Waals surface area contributed by atoms with E-state index in [0.717, 1.165) is 19.3 Å². The number of aliphatic hydroxyl groups is 1. The van der Waals surface area contributed by atoms with Gasteiger partial charge in [0.05, 0.1) is 44.7 Å². The van der Waals surface area contributed by atoms with Gasteiger partial charge in [-0.05, 0) is 67.4 Å². The molecular formula is C32H35NO7. The Hall–Kier alpha value is -4.46. The SMILES string of the molecule is CCCCCOc1ccc(/C(O)=C2/C(=O)C(=O)N(c3ccccc3OC)C2c2ccc(OC)c(OCC)c2)cc1. The van der Waals surface area contributed by atoms with E-state index in [-0.39, 0.29) is 11.3 Å². The standard InChI is InChI=1S/C32H35NO7/c1-5-7-10-19-40-23-16-13-21(14-17-23)30(34)28-29(22-15-18-26(38-4)27(20-22)39-6-2)33(32(36)31(28)35)24-11-8-9-12-25(24)37-3/h8-9,11-18,20,29,34H,5-7,10,19H2,1-4H3/b30-28-. The molecule has 210 valence electrons. The zero-order valence-corrected chi connectivity index (χ0v) is 23.3. The van der Waals surface area contributed by atoms with E-state index in [1.807, 2.05) is 6.92 Å². The molecule has 1 unspecified atom stereocenters. The molecule has 0 radical (unpaired) electrons. The van der Waals surface area contributed by atoms with Crippen LogP contribution in [0.5, 0.6) is 23.0 Å². The van der Waals surface area contributed by atoms with Crippen molar-refractivity contribution in [3.8, 4) is 23.0 Å². The molecule has 1 fully saturated rings. The number of hydrogen-bond acceptors (Lipinski definition) is 7. The normalized spacial score (nSPS) is 16.2. The summed E-state index contributed by atoms with van der Waals surface area (Å²) in [5, 5.41) is 11.5. The third kappa shape index (κ3) is 5.76. The number of ether oxygens (including phenoxy) is 4. The van der Waals surface area contributed by atoms with Crippen molar-refractivity contribution in [1.29, 1.82) is 0 Å². The van der Waals surface area contributed by atoms with Gasteiger partial charge in [0.25, 0.3) is 11.7 Å². The Morgan fingerprint density at radius 1 is 0.850 bits per heavy atom. The Bertz CT molecular complexity index is 1380. The Morgan fingerprint density at radius 2 is 1.57 bits per heavy atom. The topological polar surface area (TPSA) is 94.5 Å². The molecule has 0 spiro atoms. The zero-order chi connectivity index (χ0) is 28.6. The van der Waals surface area contributed by atoms with Gasteiger partial charge in [-0.1, -0.05) is 38.0 Å². The van der Waals surface area contributed by atoms with Gasteiger partial charge < -0.3 is 24.1 Å². The number of aliphatic hydroxyl groups excluding tert-OH is 1. The predicted molar refractivity (Wildman–Crippen MR) is 153 cm³/mol. The first-order valence-corrected chi connectivity index (χ1v) is 13.4. The van der Waals surface area contributed by atoms with Gasteiger partial charge in [0.2, 0.25) is 0 Å². The second kappa shape index (κ2) is 13.1. The highest BCUT2D eigenvalue weighted by Gasteiger charge is 2.48. The van der Waals surface area contributed by atoms with Crippen molar-refractivity contribution >= 4 is 23.1 Å². The van der Waals surface area contributed by atoms with E-state index in [4.69, 9.17) is 18.9 Å². The lowest BCUT2D eigenvalue weighted by molar-refractivity contribution is -0.132. The van der Waals surface area contributed by atoms with Crippen LogP contribution in [0.2, 0.25) is 0 Å². The van der Waals surface area contributed by atoms with Gasteiger partial charge in [0.15, 0.2) is 11.5 Å². The second-order valence-corrected chi connectivity index (χ2v) is 9.26. The molecule has 1 aliphatic heterocycles. The summed E-state index contributed by atoms with van der Waals surface area (Å²) in [4.78, 5) is 28.5. The predicted octanol–water partition coefficient (Wildman–Crippen LogP) is 6.30. The van der Waals surface area contributed by atoms with E-state index >= 15 is 0 Å². The van der Waals surface area contributed by atoms with Crippen LogP contribution in [0.15, 0.2) is 72.3 Å². The minimum absolute atomic E-state index is 0.0415. The van der Waals surface area contributed by atoms with Crippen molar-refractivity contribution in [3.63, 3.8) is 0 Å². The number of carbonyl (C=O) groups excluding carboxylic acids is 2. The van der Waals surface area contributed by atoms with Crippen molar-refractivity contribution in [2.75, 3.05) is 32.3 Å². The number of anilines is 1. The fourth-order valence-corrected chi connectivity index (χ4v) is 4.76. The molecule has 1 amide bonds. The van der Waals surface area contributed by atoms with Crippen LogP contribution in [0.25, 0.3) is 5.76 Å². The number of rotatable bonds is 12. The van der Waals surface area contributed by atoms with Gasteiger partial charge in [-0.25, -0.2) is 0 Å². The molecule has 8 nitrogen and oxygen atoms in total. The van der Waals surface area contributed by atoms with E-state index in [1.165, 1.54) is 19.1 Å². The molecule has 1 atom stereocenters. The Kier molecular flexibility index (Phi) is 9.32. The van der Waals surface area contributed by atoms with Gasteiger partial charge in [-0.15, -0.1) is 0 Å². The number of para-hydroxylation sites is 2. The number of methoxy groups -OCH3 is 2. The van der Waals surface area contributed by atoms with Crippen molar-refractivity contribution < 1.29 is 33.6 Å². The van der Waals surface area contributed by atoms with E-state index in [0.29, 0.717) is 53.0 Å². The molecule has 0 aromatic heterocycles. The number of unbranched alkanes of at least 4 members (excludes halogenated alkanes) is 2. The molecule has 0 saturated carbocycles. The van der Waals surface area contributed by atoms with Crippen LogP contribution >= 0.6 is 0 Å². The molecule has 1 N–H and O–H groups in total. The number of nitrogens with zero attached hydrogens (tertiary/aromatic N) is 1.